The molecule has 1 amide bonds. The van der Waals surface area contributed by atoms with Crippen LogP contribution in [-0.2, 0) is 4.79 Å². The maximum atomic E-state index is 10.9. The molecule has 0 aromatic heterocycles. The van der Waals surface area contributed by atoms with Crippen LogP contribution in [0.3, 0.4) is 0 Å². The summed E-state index contributed by atoms with van der Waals surface area (Å²) in [6, 6.07) is 0.320. The summed E-state index contributed by atoms with van der Waals surface area (Å²) in [5, 5.41) is 2.68. The number of nitrogens with two attached hydrogens (primary N) is 1. The zero-order chi connectivity index (χ0) is 10.4. The van der Waals surface area contributed by atoms with Gasteiger partial charge >= 0.3 is 0 Å². The van der Waals surface area contributed by atoms with Gasteiger partial charge in [0.05, 0.1) is 0 Å². The fourth-order valence-electron chi connectivity index (χ4n) is 0.635. The number of amides is 1. The molecule has 0 saturated heterocycles. The molecule has 0 rings (SSSR count). The van der Waals surface area contributed by atoms with Gasteiger partial charge in [-0.2, -0.15) is 0 Å². The molecule has 0 aliphatic heterocycles. The standard InChI is InChI=1S/C9H17N3O/c1-5-11-8(9(10)13)6-12(4)7(2)3/h5-7,11H,1H2,2-4H3,(H2,10,13)/b8-6-. The van der Waals surface area contributed by atoms with Crippen LogP contribution in [0.5, 0.6) is 0 Å². The normalized spacial score (nSPS) is 11.2. The van der Waals surface area contributed by atoms with Crippen LogP contribution in [0.4, 0.5) is 0 Å². The van der Waals surface area contributed by atoms with Crippen molar-refractivity contribution in [2.45, 2.75) is 19.9 Å². The van der Waals surface area contributed by atoms with Crippen LogP contribution >= 0.6 is 0 Å². The Morgan fingerprint density at radius 2 is 2.15 bits per heavy atom. The summed E-state index contributed by atoms with van der Waals surface area (Å²) >= 11 is 0. The van der Waals surface area contributed by atoms with E-state index in [1.807, 2.05) is 25.8 Å². The summed E-state index contributed by atoms with van der Waals surface area (Å²) < 4.78 is 0. The second kappa shape index (κ2) is 5.24. The summed E-state index contributed by atoms with van der Waals surface area (Å²) in [7, 11) is 1.87. The first kappa shape index (κ1) is 11.6. The highest BCUT2D eigenvalue weighted by Crippen LogP contribution is 1.97. The number of carbonyl (C=O) groups excluding carboxylic acids is 1. The Balaban J connectivity index is 4.51. The second-order valence-electron chi connectivity index (χ2n) is 3.01. The zero-order valence-electron chi connectivity index (χ0n) is 8.37. The van der Waals surface area contributed by atoms with Crippen molar-refractivity contribution in [1.82, 2.24) is 10.2 Å². The molecule has 0 bridgehead atoms. The lowest BCUT2D eigenvalue weighted by Gasteiger charge is -2.19. The maximum absolute atomic E-state index is 10.9. The monoisotopic (exact) mass is 183 g/mol. The van der Waals surface area contributed by atoms with Gasteiger partial charge < -0.3 is 16.0 Å². The average molecular weight is 183 g/mol. The van der Waals surface area contributed by atoms with Gasteiger partial charge in [0.15, 0.2) is 0 Å². The number of hydrogen-bond donors (Lipinski definition) is 2. The third-order valence-corrected chi connectivity index (χ3v) is 1.67. The maximum Gasteiger partial charge on any atom is 0.266 e. The molecule has 0 saturated carbocycles. The largest absolute Gasteiger partial charge is 0.376 e. The first-order chi connectivity index (χ1) is 5.99. The quantitative estimate of drug-likeness (QED) is 0.606. The molecule has 3 N–H and O–H groups in total. The van der Waals surface area contributed by atoms with Crippen LogP contribution in [0.2, 0.25) is 0 Å². The van der Waals surface area contributed by atoms with Crippen LogP contribution < -0.4 is 11.1 Å². The minimum atomic E-state index is -0.493. The Morgan fingerprint density at radius 3 is 2.46 bits per heavy atom. The molecule has 4 nitrogen and oxygen atoms in total. The summed E-state index contributed by atoms with van der Waals surface area (Å²) in [5.41, 5.74) is 5.47. The molecule has 0 aromatic carbocycles. The highest BCUT2D eigenvalue weighted by Gasteiger charge is 2.05. The predicted molar refractivity (Wildman–Crippen MR) is 53.5 cm³/mol. The van der Waals surface area contributed by atoms with Gasteiger partial charge in [-0.15, -0.1) is 0 Å². The third-order valence-electron chi connectivity index (χ3n) is 1.67. The highest BCUT2D eigenvalue weighted by atomic mass is 16.1. The van der Waals surface area contributed by atoms with Crippen LogP contribution in [-0.4, -0.2) is 23.9 Å². The molecular weight excluding hydrogens is 166 g/mol. The SMILES string of the molecule is C=CN/C(=C\N(C)C(C)C)C(N)=O. The van der Waals surface area contributed by atoms with Crippen LogP contribution in [0.15, 0.2) is 24.7 Å². The van der Waals surface area contributed by atoms with Gasteiger partial charge in [0.1, 0.15) is 5.70 Å². The van der Waals surface area contributed by atoms with Crippen molar-refractivity contribution in [1.29, 1.82) is 0 Å². The van der Waals surface area contributed by atoms with Crippen molar-refractivity contribution in [3.05, 3.63) is 24.7 Å². The first-order valence-corrected chi connectivity index (χ1v) is 4.10. The molecule has 0 heterocycles. The van der Waals surface area contributed by atoms with E-state index in [4.69, 9.17) is 5.73 Å². The van der Waals surface area contributed by atoms with E-state index in [1.165, 1.54) is 6.20 Å². The Hall–Kier alpha value is -1.45. The lowest BCUT2D eigenvalue weighted by Crippen LogP contribution is -2.28. The Bertz CT molecular complexity index is 221. The van der Waals surface area contributed by atoms with Gasteiger partial charge in [-0.1, -0.05) is 6.58 Å². The molecule has 0 unspecified atom stereocenters. The minimum Gasteiger partial charge on any atom is -0.376 e. The van der Waals surface area contributed by atoms with E-state index >= 15 is 0 Å². The van der Waals surface area contributed by atoms with Gasteiger partial charge in [-0.25, -0.2) is 0 Å². The highest BCUT2D eigenvalue weighted by molar-refractivity contribution is 5.91. The Kier molecular flexibility index (Phi) is 4.66. The van der Waals surface area contributed by atoms with Gasteiger partial charge in [-0.05, 0) is 20.0 Å². The van der Waals surface area contributed by atoms with Crippen molar-refractivity contribution in [3.8, 4) is 0 Å². The van der Waals surface area contributed by atoms with E-state index in [1.54, 1.807) is 6.20 Å². The van der Waals surface area contributed by atoms with Gasteiger partial charge in [-0.3, -0.25) is 4.79 Å². The Morgan fingerprint density at radius 1 is 1.62 bits per heavy atom. The first-order valence-electron chi connectivity index (χ1n) is 4.10. The van der Waals surface area contributed by atoms with Crippen LogP contribution in [0.25, 0.3) is 0 Å². The summed E-state index contributed by atoms with van der Waals surface area (Å²) in [4.78, 5) is 12.8. The molecular formula is C9H17N3O. The van der Waals surface area contributed by atoms with E-state index < -0.39 is 5.91 Å². The van der Waals surface area contributed by atoms with E-state index in [2.05, 4.69) is 11.9 Å². The molecule has 0 fully saturated rings. The molecule has 0 radical (unpaired) electrons. The van der Waals surface area contributed by atoms with Gasteiger partial charge in [0.25, 0.3) is 5.91 Å². The number of nitrogens with zero attached hydrogens (tertiary/aromatic N) is 1. The number of carbonyl (C=O) groups is 1. The second-order valence-corrected chi connectivity index (χ2v) is 3.01. The molecule has 4 heteroatoms. The molecule has 0 aliphatic rings. The molecule has 0 aliphatic carbocycles. The zero-order valence-corrected chi connectivity index (χ0v) is 8.37. The van der Waals surface area contributed by atoms with E-state index in [-0.39, 0.29) is 0 Å². The average Bonchev–Trinajstić information content (AvgIpc) is 2.03. The number of primary amides is 1. The molecule has 13 heavy (non-hydrogen) atoms. The van der Waals surface area contributed by atoms with Crippen molar-refractivity contribution in [2.75, 3.05) is 7.05 Å². The smallest absolute Gasteiger partial charge is 0.266 e. The Labute approximate surface area is 79.1 Å². The summed E-state index contributed by atoms with van der Waals surface area (Å²) in [6.07, 6.45) is 3.08. The number of rotatable bonds is 5. The minimum absolute atomic E-state index is 0.320. The number of nitrogens with one attached hydrogen (secondary N) is 1. The molecule has 0 atom stereocenters. The van der Waals surface area contributed by atoms with Crippen molar-refractivity contribution in [3.63, 3.8) is 0 Å². The van der Waals surface area contributed by atoms with Crippen LogP contribution in [0.1, 0.15) is 13.8 Å². The predicted octanol–water partition coefficient (Wildman–Crippen LogP) is 0.386. The summed E-state index contributed by atoms with van der Waals surface area (Å²) in [6.45, 7) is 7.49. The van der Waals surface area contributed by atoms with Gasteiger partial charge in [0, 0.05) is 19.3 Å². The van der Waals surface area contributed by atoms with Crippen LogP contribution in [0, 0.1) is 0 Å². The topological polar surface area (TPSA) is 58.4 Å². The fraction of sp³-hybridized carbons (Fsp3) is 0.444. The number of hydrogen-bond acceptors (Lipinski definition) is 3. The lowest BCUT2D eigenvalue weighted by molar-refractivity contribution is -0.114. The fourth-order valence-corrected chi connectivity index (χ4v) is 0.635. The summed E-state index contributed by atoms with van der Waals surface area (Å²) in [5.74, 6) is -0.493. The van der Waals surface area contributed by atoms with E-state index in [0.717, 1.165) is 0 Å². The van der Waals surface area contributed by atoms with E-state index in [0.29, 0.717) is 11.7 Å². The van der Waals surface area contributed by atoms with Gasteiger partial charge in [0.2, 0.25) is 0 Å². The molecule has 74 valence electrons. The van der Waals surface area contributed by atoms with E-state index in [9.17, 15) is 4.79 Å². The van der Waals surface area contributed by atoms with Crippen molar-refractivity contribution >= 4 is 5.91 Å². The van der Waals surface area contributed by atoms with Crippen molar-refractivity contribution in [2.24, 2.45) is 5.73 Å². The third kappa shape index (κ3) is 4.20. The van der Waals surface area contributed by atoms with Crippen molar-refractivity contribution < 1.29 is 4.79 Å². The molecule has 0 aromatic rings. The lowest BCUT2D eigenvalue weighted by atomic mass is 10.3. The molecule has 0 spiro atoms.